The van der Waals surface area contributed by atoms with Crippen LogP contribution in [0.1, 0.15) is 59.3 Å². The molecule has 0 saturated heterocycles. The van der Waals surface area contributed by atoms with Gasteiger partial charge in [0.2, 0.25) is 15.9 Å². The Labute approximate surface area is 246 Å². The zero-order chi connectivity index (χ0) is 28.6. The van der Waals surface area contributed by atoms with Gasteiger partial charge < -0.3 is 4.90 Å². The number of sulfonamides is 1. The molecule has 1 saturated carbocycles. The van der Waals surface area contributed by atoms with Gasteiger partial charge in [0.15, 0.2) is 0 Å². The third kappa shape index (κ3) is 6.08. The molecule has 1 N–H and O–H groups in total. The predicted molar refractivity (Wildman–Crippen MR) is 161 cm³/mol. The minimum Gasteiger partial charge on any atom is -0.306 e. The summed E-state index contributed by atoms with van der Waals surface area (Å²) in [5, 5.41) is 0.481. The Morgan fingerprint density at radius 1 is 1.00 bits per heavy atom. The summed E-state index contributed by atoms with van der Waals surface area (Å²) in [4.78, 5) is 20.7. The Kier molecular flexibility index (Phi) is 7.68. The van der Waals surface area contributed by atoms with Gasteiger partial charge in [0.1, 0.15) is 0 Å². The van der Waals surface area contributed by atoms with Crippen LogP contribution in [0.2, 0.25) is 5.02 Å². The molecule has 4 aromatic rings. The maximum absolute atomic E-state index is 14.0. The lowest BCUT2D eigenvalue weighted by Gasteiger charge is -2.29. The van der Waals surface area contributed by atoms with Gasteiger partial charge in [-0.3, -0.25) is 9.78 Å². The van der Waals surface area contributed by atoms with Gasteiger partial charge in [-0.25, -0.2) is 13.1 Å². The van der Waals surface area contributed by atoms with Crippen LogP contribution in [0.15, 0.2) is 95.9 Å². The fourth-order valence-corrected chi connectivity index (χ4v) is 7.20. The van der Waals surface area contributed by atoms with Crippen molar-refractivity contribution in [2.45, 2.75) is 56.0 Å². The molecular formula is C33H32ClN3O3S. The smallest absolute Gasteiger partial charge is 0.241 e. The molecule has 1 amide bonds. The van der Waals surface area contributed by atoms with E-state index in [1.54, 1.807) is 12.1 Å². The summed E-state index contributed by atoms with van der Waals surface area (Å²) in [6.07, 6.45) is 3.22. The second-order valence-electron chi connectivity index (χ2n) is 11.0. The molecule has 2 aliphatic carbocycles. The molecule has 6 nitrogen and oxygen atoms in total. The van der Waals surface area contributed by atoms with Gasteiger partial charge in [0.05, 0.1) is 17.1 Å². The molecule has 0 spiro atoms. The minimum absolute atomic E-state index is 0.0659. The van der Waals surface area contributed by atoms with Crippen molar-refractivity contribution in [3.63, 3.8) is 0 Å². The molecule has 3 atom stereocenters. The van der Waals surface area contributed by atoms with E-state index in [1.807, 2.05) is 66.4 Å². The quantitative estimate of drug-likeness (QED) is 0.248. The summed E-state index contributed by atoms with van der Waals surface area (Å²) in [5.74, 6) is 0.168. The first-order chi connectivity index (χ1) is 19.8. The molecule has 1 aromatic heterocycles. The largest absolute Gasteiger partial charge is 0.306 e. The van der Waals surface area contributed by atoms with E-state index in [1.165, 1.54) is 17.7 Å². The van der Waals surface area contributed by atoms with E-state index in [0.717, 1.165) is 47.5 Å². The molecule has 3 aromatic carbocycles. The van der Waals surface area contributed by atoms with Crippen LogP contribution in [0.3, 0.4) is 0 Å². The molecule has 1 heterocycles. The fourth-order valence-electron chi connectivity index (χ4n) is 5.83. The van der Waals surface area contributed by atoms with Crippen molar-refractivity contribution >= 4 is 33.2 Å². The lowest BCUT2D eigenvalue weighted by atomic mass is 9.87. The van der Waals surface area contributed by atoms with E-state index in [0.29, 0.717) is 18.0 Å². The number of halogens is 1. The Balaban J connectivity index is 1.32. The van der Waals surface area contributed by atoms with Gasteiger partial charge >= 0.3 is 0 Å². The average Bonchev–Trinajstić information content (AvgIpc) is 3.78. The Bertz CT molecular complexity index is 1680. The highest BCUT2D eigenvalue weighted by Crippen LogP contribution is 2.49. The summed E-state index contributed by atoms with van der Waals surface area (Å²) < 4.78 is 29.4. The Hall–Kier alpha value is -3.52. The Morgan fingerprint density at radius 3 is 2.54 bits per heavy atom. The molecule has 8 heteroatoms. The van der Waals surface area contributed by atoms with Crippen LogP contribution in [0.25, 0.3) is 0 Å². The molecule has 41 heavy (non-hydrogen) atoms. The van der Waals surface area contributed by atoms with Crippen LogP contribution in [-0.2, 0) is 27.8 Å². The molecule has 3 unspecified atom stereocenters. The van der Waals surface area contributed by atoms with Crippen molar-refractivity contribution < 1.29 is 13.2 Å². The number of pyridine rings is 1. The molecule has 2 aliphatic rings. The monoisotopic (exact) mass is 585 g/mol. The number of aromatic nitrogens is 1. The van der Waals surface area contributed by atoms with Gasteiger partial charge in [0.25, 0.3) is 0 Å². The van der Waals surface area contributed by atoms with Crippen molar-refractivity contribution in [1.82, 2.24) is 9.71 Å². The summed E-state index contributed by atoms with van der Waals surface area (Å²) in [6, 6.07) is 27.8. The maximum Gasteiger partial charge on any atom is 0.241 e. The van der Waals surface area contributed by atoms with Crippen molar-refractivity contribution in [3.8, 4) is 0 Å². The average molecular weight is 586 g/mol. The molecule has 6 rings (SSSR count). The van der Waals surface area contributed by atoms with Crippen LogP contribution in [0, 0.1) is 12.8 Å². The number of aryl methyl sites for hydroxylation is 2. The van der Waals surface area contributed by atoms with Gasteiger partial charge in [-0.1, -0.05) is 54.1 Å². The standard InChI is InChI=1S/C33H32ClN3O3S/c1-22-7-5-11-26(35-22)21-37(33(38)31-20-29(31)23-8-3-2-4-9-23)27-16-13-24-10-6-12-32(30(24)19-27)36-41(39,40)28-17-14-25(34)15-18-28/h2-5,7-9,11,13-19,29,31-32,36H,6,10,12,20-21H2,1H3. The van der Waals surface area contributed by atoms with Crippen LogP contribution in [-0.4, -0.2) is 19.3 Å². The number of rotatable bonds is 8. The van der Waals surface area contributed by atoms with Crippen molar-refractivity contribution in [3.05, 3.63) is 124 Å². The van der Waals surface area contributed by atoms with Crippen LogP contribution in [0.5, 0.6) is 0 Å². The fraction of sp³-hybridized carbons (Fsp3) is 0.273. The second kappa shape index (κ2) is 11.4. The first kappa shape index (κ1) is 27.6. The molecular weight excluding hydrogens is 554 g/mol. The van der Waals surface area contributed by atoms with Crippen LogP contribution in [0.4, 0.5) is 5.69 Å². The topological polar surface area (TPSA) is 79.4 Å². The van der Waals surface area contributed by atoms with E-state index in [4.69, 9.17) is 11.6 Å². The number of carbonyl (C=O) groups is 1. The highest BCUT2D eigenvalue weighted by molar-refractivity contribution is 7.89. The number of fused-ring (bicyclic) bond motifs is 1. The number of anilines is 1. The minimum atomic E-state index is -3.76. The highest BCUT2D eigenvalue weighted by atomic mass is 35.5. The van der Waals surface area contributed by atoms with E-state index in [2.05, 4.69) is 21.8 Å². The number of amides is 1. The van der Waals surface area contributed by atoms with E-state index >= 15 is 0 Å². The molecule has 0 bridgehead atoms. The third-order valence-electron chi connectivity index (χ3n) is 8.04. The zero-order valence-electron chi connectivity index (χ0n) is 22.8. The third-order valence-corrected chi connectivity index (χ3v) is 9.78. The Morgan fingerprint density at radius 2 is 1.78 bits per heavy atom. The summed E-state index contributed by atoms with van der Waals surface area (Å²) in [5.41, 5.74) is 5.66. The van der Waals surface area contributed by atoms with E-state index in [9.17, 15) is 13.2 Å². The normalized spacial score (nSPS) is 19.8. The molecule has 210 valence electrons. The number of nitrogens with one attached hydrogen (secondary N) is 1. The zero-order valence-corrected chi connectivity index (χ0v) is 24.4. The number of nitrogens with zero attached hydrogens (tertiary/aromatic N) is 2. The number of benzene rings is 3. The van der Waals surface area contributed by atoms with E-state index in [-0.39, 0.29) is 22.6 Å². The summed E-state index contributed by atoms with van der Waals surface area (Å²) in [7, 11) is -3.76. The highest BCUT2D eigenvalue weighted by Gasteiger charge is 2.46. The first-order valence-corrected chi connectivity index (χ1v) is 15.8. The predicted octanol–water partition coefficient (Wildman–Crippen LogP) is 6.74. The van der Waals surface area contributed by atoms with Gasteiger partial charge in [0, 0.05) is 28.4 Å². The number of hydrogen-bond acceptors (Lipinski definition) is 4. The SMILES string of the molecule is Cc1cccc(CN(C(=O)C2CC2c2ccccc2)c2ccc3c(c2)C(NS(=O)(=O)c2ccc(Cl)cc2)CCC3)n1. The summed E-state index contributed by atoms with van der Waals surface area (Å²) >= 11 is 5.98. The lowest BCUT2D eigenvalue weighted by molar-refractivity contribution is -0.120. The molecule has 1 fully saturated rings. The molecule has 0 aliphatic heterocycles. The van der Waals surface area contributed by atoms with Crippen molar-refractivity contribution in [2.75, 3.05) is 4.90 Å². The number of hydrogen-bond donors (Lipinski definition) is 1. The van der Waals surface area contributed by atoms with Gasteiger partial charge in [-0.05, 0) is 104 Å². The van der Waals surface area contributed by atoms with Crippen molar-refractivity contribution in [2.24, 2.45) is 5.92 Å². The first-order valence-electron chi connectivity index (χ1n) is 14.0. The van der Waals surface area contributed by atoms with Crippen LogP contribution < -0.4 is 9.62 Å². The maximum atomic E-state index is 14.0. The van der Waals surface area contributed by atoms with E-state index < -0.39 is 16.1 Å². The number of carbonyl (C=O) groups excluding carboxylic acids is 1. The van der Waals surface area contributed by atoms with Gasteiger partial charge in [-0.15, -0.1) is 0 Å². The summed E-state index contributed by atoms with van der Waals surface area (Å²) in [6.45, 7) is 2.29. The molecule has 0 radical (unpaired) electrons. The van der Waals surface area contributed by atoms with Crippen LogP contribution >= 0.6 is 11.6 Å². The van der Waals surface area contributed by atoms with Crippen molar-refractivity contribution in [1.29, 1.82) is 0 Å². The second-order valence-corrected chi connectivity index (χ2v) is 13.1. The van der Waals surface area contributed by atoms with Gasteiger partial charge in [-0.2, -0.15) is 0 Å². The lowest BCUT2D eigenvalue weighted by Crippen LogP contribution is -2.34.